The smallest absolute Gasteiger partial charge is 0.255 e. The average molecular weight is 438 g/mol. The van der Waals surface area contributed by atoms with E-state index >= 15 is 0 Å². The predicted molar refractivity (Wildman–Crippen MR) is 124 cm³/mol. The van der Waals surface area contributed by atoms with E-state index in [1.54, 1.807) is 36.0 Å². The number of hydrogen-bond donors (Lipinski definition) is 3. The number of amides is 2. The quantitative estimate of drug-likeness (QED) is 0.483. The lowest BCUT2D eigenvalue weighted by Crippen LogP contribution is -2.14. The molecule has 0 spiro atoms. The lowest BCUT2D eigenvalue weighted by atomic mass is 10.1. The zero-order valence-electron chi connectivity index (χ0n) is 16.1. The Morgan fingerprint density at radius 2 is 1.90 bits per heavy atom. The first-order chi connectivity index (χ1) is 14.6. The average Bonchev–Trinajstić information content (AvgIpc) is 2.93. The Balaban J connectivity index is 1.43. The minimum absolute atomic E-state index is 0.0378. The maximum absolute atomic E-state index is 12.7. The summed E-state index contributed by atoms with van der Waals surface area (Å²) < 4.78 is 0. The van der Waals surface area contributed by atoms with Gasteiger partial charge >= 0.3 is 0 Å². The molecule has 7 heteroatoms. The van der Waals surface area contributed by atoms with E-state index in [0.717, 1.165) is 21.9 Å². The van der Waals surface area contributed by atoms with Crippen LogP contribution in [0.4, 0.5) is 17.1 Å². The van der Waals surface area contributed by atoms with Crippen LogP contribution >= 0.6 is 23.4 Å². The van der Waals surface area contributed by atoms with Crippen molar-refractivity contribution in [3.05, 3.63) is 82.9 Å². The summed E-state index contributed by atoms with van der Waals surface area (Å²) in [6.45, 7) is 0.658. The molecule has 0 saturated heterocycles. The van der Waals surface area contributed by atoms with Crippen molar-refractivity contribution in [3.8, 4) is 0 Å². The molecule has 1 heterocycles. The van der Waals surface area contributed by atoms with Crippen LogP contribution in [0.15, 0.2) is 71.6 Å². The third-order valence-corrected chi connectivity index (χ3v) is 6.04. The highest BCUT2D eigenvalue weighted by atomic mass is 35.5. The molecule has 4 rings (SSSR count). The monoisotopic (exact) mass is 437 g/mol. The van der Waals surface area contributed by atoms with Crippen LogP contribution < -0.4 is 16.0 Å². The van der Waals surface area contributed by atoms with Crippen molar-refractivity contribution in [1.82, 2.24) is 0 Å². The molecule has 152 valence electrons. The van der Waals surface area contributed by atoms with Gasteiger partial charge in [0.2, 0.25) is 5.91 Å². The molecule has 3 aromatic carbocycles. The molecule has 0 atom stereocenters. The predicted octanol–water partition coefficient (Wildman–Crippen LogP) is 5.64. The second-order valence-electron chi connectivity index (χ2n) is 6.85. The topological polar surface area (TPSA) is 70.2 Å². The van der Waals surface area contributed by atoms with Crippen LogP contribution in [0.3, 0.4) is 0 Å². The number of carbonyl (C=O) groups is 2. The van der Waals surface area contributed by atoms with Gasteiger partial charge in [0.15, 0.2) is 0 Å². The fourth-order valence-electron chi connectivity index (χ4n) is 3.09. The number of nitrogens with one attached hydrogen (secondary N) is 3. The van der Waals surface area contributed by atoms with E-state index in [4.69, 9.17) is 11.6 Å². The Bertz CT molecular complexity index is 1090. The first-order valence-electron chi connectivity index (χ1n) is 9.54. The summed E-state index contributed by atoms with van der Waals surface area (Å²) in [5.41, 5.74) is 3.69. The second-order valence-corrected chi connectivity index (χ2v) is 8.39. The number of fused-ring (bicyclic) bond motifs is 1. The first kappa shape index (κ1) is 20.3. The molecule has 0 fully saturated rings. The van der Waals surface area contributed by atoms with Crippen LogP contribution in [0.5, 0.6) is 0 Å². The molecule has 5 nitrogen and oxygen atoms in total. The summed E-state index contributed by atoms with van der Waals surface area (Å²) in [7, 11) is 0. The van der Waals surface area contributed by atoms with E-state index in [-0.39, 0.29) is 11.8 Å². The number of thioether (sulfide) groups is 1. The molecule has 1 aliphatic rings. The van der Waals surface area contributed by atoms with E-state index in [1.807, 2.05) is 42.5 Å². The number of anilines is 3. The Hall–Kier alpha value is -2.96. The minimum atomic E-state index is -0.262. The maximum atomic E-state index is 12.7. The van der Waals surface area contributed by atoms with Crippen molar-refractivity contribution in [2.24, 2.45) is 0 Å². The lowest BCUT2D eigenvalue weighted by molar-refractivity contribution is -0.115. The standard InChI is InChI=1S/C23H20ClN3O2S/c24-18-13-17(7-8-19(18)25-14-15-4-2-1-3-5-15)26-23(29)16-6-9-21-20(12-16)27-22(28)10-11-30-21/h1-9,12-13,25H,10-11,14H2,(H,26,29)(H,27,28). The fraction of sp³-hybridized carbons (Fsp3) is 0.130. The molecule has 30 heavy (non-hydrogen) atoms. The van der Waals surface area contributed by atoms with Gasteiger partial charge in [-0.1, -0.05) is 41.9 Å². The second kappa shape index (κ2) is 9.24. The normalized spacial score (nSPS) is 13.0. The third-order valence-electron chi connectivity index (χ3n) is 4.66. The summed E-state index contributed by atoms with van der Waals surface area (Å²) in [4.78, 5) is 25.4. The molecule has 0 aromatic heterocycles. The molecule has 2 amide bonds. The Labute approximate surface area is 184 Å². The van der Waals surface area contributed by atoms with Crippen molar-refractivity contribution in [3.63, 3.8) is 0 Å². The first-order valence-corrected chi connectivity index (χ1v) is 10.9. The lowest BCUT2D eigenvalue weighted by Gasteiger charge is -2.12. The van der Waals surface area contributed by atoms with Crippen molar-refractivity contribution >= 4 is 52.2 Å². The van der Waals surface area contributed by atoms with Crippen molar-refractivity contribution in [2.75, 3.05) is 21.7 Å². The maximum Gasteiger partial charge on any atom is 0.255 e. The summed E-state index contributed by atoms with van der Waals surface area (Å²) in [5, 5.41) is 9.54. The number of carbonyl (C=O) groups excluding carboxylic acids is 2. The summed E-state index contributed by atoms with van der Waals surface area (Å²) in [5.74, 6) is 0.430. The van der Waals surface area contributed by atoms with Gasteiger partial charge in [-0.15, -0.1) is 11.8 Å². The van der Waals surface area contributed by atoms with E-state index in [1.165, 1.54) is 0 Å². The fourth-order valence-corrected chi connectivity index (χ4v) is 4.28. The number of benzene rings is 3. The van der Waals surface area contributed by atoms with Crippen LogP contribution in [0, 0.1) is 0 Å². The van der Waals surface area contributed by atoms with E-state index in [0.29, 0.717) is 34.9 Å². The Kier molecular flexibility index (Phi) is 6.26. The van der Waals surface area contributed by atoms with Gasteiger partial charge in [-0.3, -0.25) is 9.59 Å². The van der Waals surface area contributed by atoms with Crippen LogP contribution in [0.2, 0.25) is 5.02 Å². The highest BCUT2D eigenvalue weighted by Gasteiger charge is 2.16. The highest BCUT2D eigenvalue weighted by Crippen LogP contribution is 2.32. The Morgan fingerprint density at radius 3 is 2.70 bits per heavy atom. The van der Waals surface area contributed by atoms with Crippen molar-refractivity contribution in [1.29, 1.82) is 0 Å². The Morgan fingerprint density at radius 1 is 1.07 bits per heavy atom. The largest absolute Gasteiger partial charge is 0.380 e. The molecular formula is C23H20ClN3O2S. The zero-order chi connectivity index (χ0) is 20.9. The molecular weight excluding hydrogens is 418 g/mol. The third kappa shape index (κ3) is 4.96. The van der Waals surface area contributed by atoms with Gasteiger partial charge in [0.25, 0.3) is 5.91 Å². The molecule has 3 aromatic rings. The van der Waals surface area contributed by atoms with Gasteiger partial charge in [0.1, 0.15) is 0 Å². The minimum Gasteiger partial charge on any atom is -0.380 e. The number of rotatable bonds is 5. The van der Waals surface area contributed by atoms with Crippen LogP contribution in [-0.2, 0) is 11.3 Å². The molecule has 0 saturated carbocycles. The molecule has 1 aliphatic heterocycles. The molecule has 0 aliphatic carbocycles. The van der Waals surface area contributed by atoms with Gasteiger partial charge in [-0.05, 0) is 42.0 Å². The molecule has 0 radical (unpaired) electrons. The molecule has 3 N–H and O–H groups in total. The van der Waals surface area contributed by atoms with E-state index in [9.17, 15) is 9.59 Å². The van der Waals surface area contributed by atoms with Crippen LogP contribution in [0.1, 0.15) is 22.3 Å². The summed E-state index contributed by atoms with van der Waals surface area (Å²) in [6.07, 6.45) is 0.462. The molecule has 0 bridgehead atoms. The number of hydrogen-bond acceptors (Lipinski definition) is 4. The van der Waals surface area contributed by atoms with Gasteiger partial charge in [0.05, 0.1) is 16.4 Å². The van der Waals surface area contributed by atoms with E-state index in [2.05, 4.69) is 16.0 Å². The van der Waals surface area contributed by atoms with Gasteiger partial charge in [0, 0.05) is 34.9 Å². The van der Waals surface area contributed by atoms with Gasteiger partial charge in [-0.25, -0.2) is 0 Å². The van der Waals surface area contributed by atoms with Gasteiger partial charge < -0.3 is 16.0 Å². The van der Waals surface area contributed by atoms with Crippen molar-refractivity contribution < 1.29 is 9.59 Å². The van der Waals surface area contributed by atoms with Gasteiger partial charge in [-0.2, -0.15) is 0 Å². The molecule has 0 unspecified atom stereocenters. The highest BCUT2D eigenvalue weighted by molar-refractivity contribution is 7.99. The number of halogens is 1. The zero-order valence-corrected chi connectivity index (χ0v) is 17.6. The SMILES string of the molecule is O=C1CCSc2ccc(C(=O)Nc3ccc(NCc4ccccc4)c(Cl)c3)cc2N1. The van der Waals surface area contributed by atoms with Crippen LogP contribution in [0.25, 0.3) is 0 Å². The van der Waals surface area contributed by atoms with E-state index < -0.39 is 0 Å². The van der Waals surface area contributed by atoms with Crippen molar-refractivity contribution in [2.45, 2.75) is 17.9 Å². The summed E-state index contributed by atoms with van der Waals surface area (Å²) >= 11 is 7.99. The summed E-state index contributed by atoms with van der Waals surface area (Å²) in [6, 6.07) is 20.7. The van der Waals surface area contributed by atoms with Crippen LogP contribution in [-0.4, -0.2) is 17.6 Å².